The number of aromatic nitrogens is 5. The Bertz CT molecular complexity index is 562. The zero-order valence-corrected chi connectivity index (χ0v) is 13.6. The predicted octanol–water partition coefficient (Wildman–Crippen LogP) is 3.12. The van der Waals surface area contributed by atoms with Crippen LogP contribution in [-0.2, 0) is 20.0 Å². The van der Waals surface area contributed by atoms with Crippen LogP contribution in [0.25, 0.3) is 0 Å². The van der Waals surface area contributed by atoms with Gasteiger partial charge in [-0.25, -0.2) is 4.68 Å². The van der Waals surface area contributed by atoms with E-state index in [0.29, 0.717) is 6.54 Å². The van der Waals surface area contributed by atoms with Gasteiger partial charge in [-0.1, -0.05) is 46.6 Å². The first-order valence-electron chi connectivity index (χ1n) is 6.31. The molecule has 0 bridgehead atoms. The summed E-state index contributed by atoms with van der Waals surface area (Å²) in [7, 11) is 1.90. The lowest BCUT2D eigenvalue weighted by atomic mass is 10.3. The SMILES string of the molecule is CCc1nn(C)c(Cn2cc(C(Br)CC)nn2)c1Cl. The molecule has 0 aliphatic carbocycles. The molecule has 0 fully saturated rings. The molecular weight excluding hydrogens is 330 g/mol. The highest BCUT2D eigenvalue weighted by Gasteiger charge is 2.15. The summed E-state index contributed by atoms with van der Waals surface area (Å²) in [6.07, 6.45) is 3.75. The van der Waals surface area contributed by atoms with Gasteiger partial charge in [-0.15, -0.1) is 5.10 Å². The van der Waals surface area contributed by atoms with Gasteiger partial charge < -0.3 is 0 Å². The standard InChI is InChI=1S/C12H17BrClN5/c1-4-8(13)10-6-19(17-15-10)7-11-12(14)9(5-2)16-18(11)3/h6,8H,4-5,7H2,1-3H3. The van der Waals surface area contributed by atoms with Crippen LogP contribution in [-0.4, -0.2) is 24.8 Å². The molecule has 2 aromatic rings. The lowest BCUT2D eigenvalue weighted by Gasteiger charge is -2.02. The molecule has 0 radical (unpaired) electrons. The van der Waals surface area contributed by atoms with Gasteiger partial charge >= 0.3 is 0 Å². The number of alkyl halides is 1. The van der Waals surface area contributed by atoms with Crippen LogP contribution in [0, 0.1) is 0 Å². The van der Waals surface area contributed by atoms with Crippen LogP contribution >= 0.6 is 27.5 Å². The monoisotopic (exact) mass is 345 g/mol. The smallest absolute Gasteiger partial charge is 0.0963 e. The minimum absolute atomic E-state index is 0.245. The van der Waals surface area contributed by atoms with Gasteiger partial charge in [-0.3, -0.25) is 4.68 Å². The summed E-state index contributed by atoms with van der Waals surface area (Å²) in [4.78, 5) is 0.245. The van der Waals surface area contributed by atoms with E-state index in [-0.39, 0.29) is 4.83 Å². The first-order chi connectivity index (χ1) is 9.06. The third-order valence-electron chi connectivity index (χ3n) is 3.05. The fourth-order valence-corrected chi connectivity index (χ4v) is 2.45. The van der Waals surface area contributed by atoms with Crippen LogP contribution in [0.4, 0.5) is 0 Å². The van der Waals surface area contributed by atoms with Crippen molar-refractivity contribution in [3.05, 3.63) is 28.3 Å². The third kappa shape index (κ3) is 3.00. The van der Waals surface area contributed by atoms with E-state index >= 15 is 0 Å². The molecule has 104 valence electrons. The van der Waals surface area contributed by atoms with E-state index in [1.54, 1.807) is 4.68 Å². The molecule has 0 saturated heterocycles. The topological polar surface area (TPSA) is 48.5 Å². The van der Waals surface area contributed by atoms with E-state index in [1.807, 2.05) is 24.9 Å². The van der Waals surface area contributed by atoms with Crippen LogP contribution in [0.15, 0.2) is 6.20 Å². The summed E-state index contributed by atoms with van der Waals surface area (Å²) in [5.74, 6) is 0. The van der Waals surface area contributed by atoms with Crippen LogP contribution in [0.2, 0.25) is 5.02 Å². The van der Waals surface area contributed by atoms with Crippen molar-refractivity contribution in [1.82, 2.24) is 24.8 Å². The van der Waals surface area contributed by atoms with Crippen LogP contribution < -0.4 is 0 Å². The molecule has 0 saturated carbocycles. The number of rotatable bonds is 5. The number of aryl methyl sites for hydroxylation is 2. The Kier molecular flexibility index (Phi) is 4.62. The first kappa shape index (κ1) is 14.5. The maximum Gasteiger partial charge on any atom is 0.0963 e. The fourth-order valence-electron chi connectivity index (χ4n) is 1.89. The van der Waals surface area contributed by atoms with Gasteiger partial charge in [0.2, 0.25) is 0 Å². The highest BCUT2D eigenvalue weighted by atomic mass is 79.9. The summed E-state index contributed by atoms with van der Waals surface area (Å²) in [5.41, 5.74) is 2.82. The molecule has 0 spiro atoms. The molecule has 2 heterocycles. The average Bonchev–Trinajstić information content (AvgIpc) is 2.98. The van der Waals surface area contributed by atoms with E-state index in [9.17, 15) is 0 Å². The lowest BCUT2D eigenvalue weighted by Crippen LogP contribution is -2.06. The molecule has 1 atom stereocenters. The van der Waals surface area contributed by atoms with Crippen molar-refractivity contribution in [2.45, 2.75) is 38.1 Å². The molecular formula is C12H17BrClN5. The molecule has 1 unspecified atom stereocenters. The number of halogens is 2. The summed E-state index contributed by atoms with van der Waals surface area (Å²) in [5, 5.41) is 13.4. The normalized spacial score (nSPS) is 12.9. The van der Waals surface area contributed by atoms with Gasteiger partial charge in [0.1, 0.15) is 0 Å². The van der Waals surface area contributed by atoms with E-state index in [2.05, 4.69) is 38.3 Å². The molecule has 0 aliphatic rings. The van der Waals surface area contributed by atoms with E-state index in [0.717, 1.165) is 34.9 Å². The highest BCUT2D eigenvalue weighted by Crippen LogP contribution is 2.25. The van der Waals surface area contributed by atoms with Crippen molar-refractivity contribution in [2.75, 3.05) is 0 Å². The zero-order valence-electron chi connectivity index (χ0n) is 11.3. The molecule has 2 rings (SSSR count). The van der Waals surface area contributed by atoms with Crippen molar-refractivity contribution in [3.8, 4) is 0 Å². The summed E-state index contributed by atoms with van der Waals surface area (Å²) >= 11 is 9.89. The fraction of sp³-hybridized carbons (Fsp3) is 0.583. The van der Waals surface area contributed by atoms with Gasteiger partial charge in [-0.05, 0) is 12.8 Å². The molecule has 7 heteroatoms. The van der Waals surface area contributed by atoms with Gasteiger partial charge in [-0.2, -0.15) is 5.10 Å². The van der Waals surface area contributed by atoms with Crippen LogP contribution in [0.1, 0.15) is 42.2 Å². The van der Waals surface area contributed by atoms with Crippen LogP contribution in [0.5, 0.6) is 0 Å². The summed E-state index contributed by atoms with van der Waals surface area (Å²) in [6, 6.07) is 0. The Morgan fingerprint density at radius 2 is 2.16 bits per heavy atom. The van der Waals surface area contributed by atoms with Crippen LogP contribution in [0.3, 0.4) is 0 Å². The number of hydrogen-bond donors (Lipinski definition) is 0. The van der Waals surface area contributed by atoms with Crippen molar-refractivity contribution < 1.29 is 0 Å². The van der Waals surface area contributed by atoms with Crippen molar-refractivity contribution in [3.63, 3.8) is 0 Å². The molecule has 0 aromatic carbocycles. The molecule has 2 aromatic heterocycles. The van der Waals surface area contributed by atoms with E-state index < -0.39 is 0 Å². The van der Waals surface area contributed by atoms with Gasteiger partial charge in [0.05, 0.1) is 39.7 Å². The molecule has 0 amide bonds. The Morgan fingerprint density at radius 3 is 2.74 bits per heavy atom. The van der Waals surface area contributed by atoms with Gasteiger partial charge in [0, 0.05) is 7.05 Å². The van der Waals surface area contributed by atoms with Gasteiger partial charge in [0.15, 0.2) is 0 Å². The Morgan fingerprint density at radius 1 is 1.42 bits per heavy atom. The Balaban J connectivity index is 2.22. The van der Waals surface area contributed by atoms with E-state index in [4.69, 9.17) is 11.6 Å². The van der Waals surface area contributed by atoms with E-state index in [1.165, 1.54) is 0 Å². The maximum absolute atomic E-state index is 6.32. The largest absolute Gasteiger partial charge is 0.269 e. The zero-order chi connectivity index (χ0) is 14.0. The second-order valence-electron chi connectivity index (χ2n) is 4.40. The van der Waals surface area contributed by atoms with Crippen molar-refractivity contribution >= 4 is 27.5 Å². The summed E-state index contributed by atoms with van der Waals surface area (Å²) in [6.45, 7) is 4.73. The third-order valence-corrected chi connectivity index (χ3v) is 4.60. The highest BCUT2D eigenvalue weighted by molar-refractivity contribution is 9.09. The molecule has 0 aliphatic heterocycles. The lowest BCUT2D eigenvalue weighted by molar-refractivity contribution is 0.598. The second-order valence-corrected chi connectivity index (χ2v) is 5.88. The Hall–Kier alpha value is -0.880. The Labute approximate surface area is 126 Å². The maximum atomic E-state index is 6.32. The number of nitrogens with zero attached hydrogens (tertiary/aromatic N) is 5. The number of hydrogen-bond acceptors (Lipinski definition) is 3. The van der Waals surface area contributed by atoms with Crippen molar-refractivity contribution in [2.24, 2.45) is 7.05 Å². The average molecular weight is 347 g/mol. The minimum Gasteiger partial charge on any atom is -0.269 e. The molecule has 0 N–H and O–H groups in total. The first-order valence-corrected chi connectivity index (χ1v) is 7.60. The van der Waals surface area contributed by atoms with Gasteiger partial charge in [0.25, 0.3) is 0 Å². The second kappa shape index (κ2) is 6.05. The minimum atomic E-state index is 0.245. The van der Waals surface area contributed by atoms with Crippen molar-refractivity contribution in [1.29, 1.82) is 0 Å². The quantitative estimate of drug-likeness (QED) is 0.782. The molecule has 5 nitrogen and oxygen atoms in total. The predicted molar refractivity (Wildman–Crippen MR) is 78.7 cm³/mol. The molecule has 19 heavy (non-hydrogen) atoms. The summed E-state index contributed by atoms with van der Waals surface area (Å²) < 4.78 is 3.61.